The van der Waals surface area contributed by atoms with Crippen LogP contribution in [0.3, 0.4) is 0 Å². The molecule has 1 aromatic rings. The first kappa shape index (κ1) is 20.5. The number of Topliss-reactive ketones (excluding diaryl/α,β-unsaturated/α-hetero) is 2. The lowest BCUT2D eigenvalue weighted by molar-refractivity contribution is 0.0904. The molecule has 144 valence electrons. The molecule has 1 aliphatic rings. The van der Waals surface area contributed by atoms with E-state index in [1.807, 2.05) is 13.0 Å². The number of hydrogen-bond donors (Lipinski definition) is 1. The Kier molecular flexibility index (Phi) is 6.61. The van der Waals surface area contributed by atoms with E-state index < -0.39 is 11.6 Å². The second kappa shape index (κ2) is 8.71. The Bertz CT molecular complexity index is 852. The number of aromatic hydroxyl groups is 1. The predicted molar refractivity (Wildman–Crippen MR) is 104 cm³/mol. The molecule has 0 heterocycles. The number of rotatable bonds is 7. The summed E-state index contributed by atoms with van der Waals surface area (Å²) >= 11 is 0. The molecule has 5 heteroatoms. The van der Waals surface area contributed by atoms with Crippen LogP contribution >= 0.6 is 0 Å². The normalized spacial score (nSPS) is 14.2. The van der Waals surface area contributed by atoms with Crippen molar-refractivity contribution in [2.24, 2.45) is 0 Å². The number of phenolic OH excluding ortho intramolecular Hbond substituents is 1. The van der Waals surface area contributed by atoms with Crippen molar-refractivity contribution in [1.29, 1.82) is 0 Å². The first-order valence-electron chi connectivity index (χ1n) is 8.89. The highest BCUT2D eigenvalue weighted by Gasteiger charge is 2.33. The van der Waals surface area contributed by atoms with Crippen molar-refractivity contribution in [2.45, 2.75) is 40.5 Å². The van der Waals surface area contributed by atoms with Gasteiger partial charge in [-0.3, -0.25) is 9.59 Å². The number of phenols is 1. The van der Waals surface area contributed by atoms with Crippen molar-refractivity contribution in [3.05, 3.63) is 57.9 Å². The van der Waals surface area contributed by atoms with Gasteiger partial charge >= 0.3 is 0 Å². The number of ketones is 2. The Hall–Kier alpha value is -2.82. The smallest absolute Gasteiger partial charge is 0.228 e. The predicted octanol–water partition coefficient (Wildman–Crippen LogP) is 4.76. The van der Waals surface area contributed by atoms with Gasteiger partial charge in [0.15, 0.2) is 11.5 Å². The van der Waals surface area contributed by atoms with Crippen LogP contribution in [0.25, 0.3) is 0 Å². The fourth-order valence-corrected chi connectivity index (χ4v) is 2.90. The minimum absolute atomic E-state index is 0.000838. The van der Waals surface area contributed by atoms with Crippen molar-refractivity contribution in [3.8, 4) is 11.5 Å². The molecule has 0 bridgehead atoms. The Labute approximate surface area is 160 Å². The van der Waals surface area contributed by atoms with Crippen LogP contribution in [0.15, 0.2) is 46.8 Å². The van der Waals surface area contributed by atoms with Crippen LogP contribution in [-0.2, 0) is 4.74 Å². The standard InChI is InChI=1S/C22H26O5/c1-13(2)7-6-8-14(3)9-10-27-16-11-17-19(18(23)12-16)20(24)15(4)22(26-5)21(17)25/h7,9,11-12,23H,6,8,10H2,1-5H3/b14-9+. The highest BCUT2D eigenvalue weighted by Crippen LogP contribution is 2.35. The number of carbonyl (C=O) groups excluding carboxylic acids is 2. The lowest BCUT2D eigenvalue weighted by atomic mass is 9.88. The van der Waals surface area contributed by atoms with E-state index in [0.717, 1.165) is 12.8 Å². The molecule has 0 atom stereocenters. The van der Waals surface area contributed by atoms with Gasteiger partial charge in [-0.2, -0.15) is 0 Å². The van der Waals surface area contributed by atoms with E-state index in [-0.39, 0.29) is 28.2 Å². The Morgan fingerprint density at radius 2 is 1.81 bits per heavy atom. The third-order valence-electron chi connectivity index (χ3n) is 4.43. The topological polar surface area (TPSA) is 72.8 Å². The summed E-state index contributed by atoms with van der Waals surface area (Å²) < 4.78 is 10.7. The molecule has 0 radical (unpaired) electrons. The molecular weight excluding hydrogens is 344 g/mol. The minimum Gasteiger partial charge on any atom is -0.507 e. The molecule has 0 saturated carbocycles. The third kappa shape index (κ3) is 4.67. The molecule has 27 heavy (non-hydrogen) atoms. The molecule has 0 aromatic heterocycles. The average Bonchev–Trinajstić information content (AvgIpc) is 2.59. The Morgan fingerprint density at radius 1 is 1.11 bits per heavy atom. The fraction of sp³-hybridized carbons (Fsp3) is 0.364. The summed E-state index contributed by atoms with van der Waals surface area (Å²) in [6.45, 7) is 8.00. The quantitative estimate of drug-likeness (QED) is 0.700. The van der Waals surface area contributed by atoms with Crippen LogP contribution in [-0.4, -0.2) is 30.4 Å². The fourth-order valence-electron chi connectivity index (χ4n) is 2.90. The second-order valence-electron chi connectivity index (χ2n) is 6.86. The number of methoxy groups -OCH3 is 1. The van der Waals surface area contributed by atoms with E-state index in [0.29, 0.717) is 12.4 Å². The molecule has 0 amide bonds. The molecule has 2 rings (SSSR count). The van der Waals surface area contributed by atoms with Gasteiger partial charge in [-0.1, -0.05) is 17.2 Å². The maximum absolute atomic E-state index is 12.5. The highest BCUT2D eigenvalue weighted by molar-refractivity contribution is 6.27. The second-order valence-corrected chi connectivity index (χ2v) is 6.86. The van der Waals surface area contributed by atoms with Gasteiger partial charge in [-0.25, -0.2) is 0 Å². The summed E-state index contributed by atoms with van der Waals surface area (Å²) in [5, 5.41) is 10.2. The average molecular weight is 370 g/mol. The zero-order chi connectivity index (χ0) is 20.1. The van der Waals surface area contributed by atoms with Gasteiger partial charge < -0.3 is 14.6 Å². The lowest BCUT2D eigenvalue weighted by Gasteiger charge is -2.19. The molecule has 5 nitrogen and oxygen atoms in total. The van der Waals surface area contributed by atoms with E-state index in [2.05, 4.69) is 19.9 Å². The van der Waals surface area contributed by atoms with Gasteiger partial charge in [0, 0.05) is 17.2 Å². The summed E-state index contributed by atoms with van der Waals surface area (Å²) in [6, 6.07) is 2.84. The van der Waals surface area contributed by atoms with Gasteiger partial charge in [-0.05, 0) is 52.7 Å². The van der Waals surface area contributed by atoms with Crippen LogP contribution in [0.1, 0.15) is 61.3 Å². The monoisotopic (exact) mass is 370 g/mol. The molecule has 1 N–H and O–H groups in total. The van der Waals surface area contributed by atoms with Crippen LogP contribution in [0, 0.1) is 0 Å². The molecular formula is C22H26O5. The third-order valence-corrected chi connectivity index (χ3v) is 4.43. The van der Waals surface area contributed by atoms with Gasteiger partial charge in [0.1, 0.15) is 18.1 Å². The molecule has 0 fully saturated rings. The van der Waals surface area contributed by atoms with Crippen molar-refractivity contribution in [2.75, 3.05) is 13.7 Å². The summed E-state index contributed by atoms with van der Waals surface area (Å²) in [5.41, 5.74) is 2.78. The zero-order valence-corrected chi connectivity index (χ0v) is 16.5. The van der Waals surface area contributed by atoms with Gasteiger partial charge in [0.2, 0.25) is 5.78 Å². The summed E-state index contributed by atoms with van der Waals surface area (Å²) in [6.07, 6.45) is 6.07. The SMILES string of the molecule is COC1=C(C)C(=O)c2c(O)cc(OC/C=C(\C)CCC=C(C)C)cc2C1=O. The Morgan fingerprint density at radius 3 is 2.44 bits per heavy atom. The number of benzene rings is 1. The van der Waals surface area contributed by atoms with Crippen molar-refractivity contribution in [3.63, 3.8) is 0 Å². The van der Waals surface area contributed by atoms with Crippen LogP contribution in [0.5, 0.6) is 11.5 Å². The molecule has 0 saturated heterocycles. The first-order valence-corrected chi connectivity index (χ1v) is 8.89. The zero-order valence-electron chi connectivity index (χ0n) is 16.5. The van der Waals surface area contributed by atoms with E-state index in [9.17, 15) is 14.7 Å². The van der Waals surface area contributed by atoms with Crippen LogP contribution < -0.4 is 4.74 Å². The van der Waals surface area contributed by atoms with Gasteiger partial charge in [-0.15, -0.1) is 0 Å². The summed E-state index contributed by atoms with van der Waals surface area (Å²) in [7, 11) is 1.35. The number of allylic oxidation sites excluding steroid dienone is 5. The molecule has 0 aliphatic heterocycles. The Balaban J connectivity index is 2.16. The number of hydrogen-bond acceptors (Lipinski definition) is 5. The maximum atomic E-state index is 12.5. The van der Waals surface area contributed by atoms with Crippen molar-refractivity contribution in [1.82, 2.24) is 0 Å². The van der Waals surface area contributed by atoms with Gasteiger partial charge in [0.25, 0.3) is 0 Å². The molecule has 1 aliphatic carbocycles. The van der Waals surface area contributed by atoms with Crippen LogP contribution in [0.4, 0.5) is 0 Å². The largest absolute Gasteiger partial charge is 0.507 e. The van der Waals surface area contributed by atoms with E-state index in [1.54, 1.807) is 0 Å². The number of carbonyl (C=O) groups is 2. The lowest BCUT2D eigenvalue weighted by Crippen LogP contribution is -2.22. The minimum atomic E-state index is -0.432. The number of ether oxygens (including phenoxy) is 2. The van der Waals surface area contributed by atoms with E-state index in [1.165, 1.54) is 37.3 Å². The highest BCUT2D eigenvalue weighted by atomic mass is 16.5. The maximum Gasteiger partial charge on any atom is 0.228 e. The molecule has 1 aromatic carbocycles. The summed E-state index contributed by atoms with van der Waals surface area (Å²) in [5.74, 6) is -0.784. The van der Waals surface area contributed by atoms with Crippen molar-refractivity contribution < 1.29 is 24.2 Å². The van der Waals surface area contributed by atoms with Crippen molar-refractivity contribution >= 4 is 11.6 Å². The summed E-state index contributed by atoms with van der Waals surface area (Å²) in [4.78, 5) is 25.0. The van der Waals surface area contributed by atoms with E-state index >= 15 is 0 Å². The van der Waals surface area contributed by atoms with E-state index in [4.69, 9.17) is 9.47 Å². The number of fused-ring (bicyclic) bond motifs is 1. The van der Waals surface area contributed by atoms with Crippen LogP contribution in [0.2, 0.25) is 0 Å². The molecule has 0 unspecified atom stereocenters. The first-order chi connectivity index (χ1) is 12.8. The molecule has 0 spiro atoms. The van der Waals surface area contributed by atoms with Gasteiger partial charge in [0.05, 0.1) is 12.7 Å².